The van der Waals surface area contributed by atoms with E-state index in [2.05, 4.69) is 15.6 Å². The number of nitrogens with one attached hydrogen (secondary N) is 2. The zero-order chi connectivity index (χ0) is 15.9. The second-order valence-electron chi connectivity index (χ2n) is 5.88. The van der Waals surface area contributed by atoms with Gasteiger partial charge in [0.2, 0.25) is 5.91 Å². The van der Waals surface area contributed by atoms with Crippen molar-refractivity contribution in [3.63, 3.8) is 0 Å². The molecule has 1 fully saturated rings. The topological polar surface area (TPSA) is 63.2 Å². The Balaban J connectivity index is 1.38. The van der Waals surface area contributed by atoms with Crippen molar-refractivity contribution >= 4 is 16.8 Å². The molecular formula is C18H23N3O2. The fraction of sp³-hybridized carbons (Fsp3) is 0.444. The third-order valence-electron chi connectivity index (χ3n) is 4.09. The van der Waals surface area contributed by atoms with Crippen molar-refractivity contribution in [2.24, 2.45) is 0 Å². The van der Waals surface area contributed by atoms with Gasteiger partial charge in [0.25, 0.3) is 0 Å². The van der Waals surface area contributed by atoms with Crippen molar-refractivity contribution in [1.82, 2.24) is 15.6 Å². The van der Waals surface area contributed by atoms with E-state index in [9.17, 15) is 4.79 Å². The van der Waals surface area contributed by atoms with Crippen LogP contribution >= 0.6 is 0 Å². The summed E-state index contributed by atoms with van der Waals surface area (Å²) in [6.07, 6.45) is 5.41. The first kappa shape index (κ1) is 15.7. The van der Waals surface area contributed by atoms with E-state index in [0.717, 1.165) is 36.0 Å². The number of carbonyl (C=O) groups is 1. The Hall–Kier alpha value is -2.14. The van der Waals surface area contributed by atoms with Crippen LogP contribution in [0.15, 0.2) is 36.5 Å². The fourth-order valence-corrected chi connectivity index (χ4v) is 2.90. The van der Waals surface area contributed by atoms with Crippen LogP contribution in [0.1, 0.15) is 25.7 Å². The van der Waals surface area contributed by atoms with Gasteiger partial charge in [-0.15, -0.1) is 0 Å². The summed E-state index contributed by atoms with van der Waals surface area (Å²) in [6.45, 7) is 2.24. The van der Waals surface area contributed by atoms with Crippen LogP contribution in [0.2, 0.25) is 0 Å². The van der Waals surface area contributed by atoms with Crippen LogP contribution in [-0.4, -0.2) is 36.6 Å². The lowest BCUT2D eigenvalue weighted by atomic mass is 10.1. The fourth-order valence-electron chi connectivity index (χ4n) is 2.90. The lowest BCUT2D eigenvalue weighted by molar-refractivity contribution is -0.121. The summed E-state index contributed by atoms with van der Waals surface area (Å²) in [4.78, 5) is 16.2. The molecule has 5 heteroatoms. The minimum absolute atomic E-state index is 0.122. The van der Waals surface area contributed by atoms with Crippen molar-refractivity contribution in [2.75, 3.05) is 19.7 Å². The number of fused-ring (bicyclic) bond motifs is 1. The Morgan fingerprint density at radius 2 is 2.26 bits per heavy atom. The third-order valence-corrected chi connectivity index (χ3v) is 4.09. The lowest BCUT2D eigenvalue weighted by Crippen LogP contribution is -2.32. The largest absolute Gasteiger partial charge is 0.491 e. The van der Waals surface area contributed by atoms with Crippen molar-refractivity contribution in [3.8, 4) is 5.75 Å². The molecule has 3 rings (SSSR count). The summed E-state index contributed by atoms with van der Waals surface area (Å²) in [5.41, 5.74) is 0.881. The molecule has 2 N–H and O–H groups in total. The highest BCUT2D eigenvalue weighted by Gasteiger charge is 2.17. The second-order valence-corrected chi connectivity index (χ2v) is 5.88. The molecule has 2 aromatic rings. The quantitative estimate of drug-likeness (QED) is 0.770. The molecule has 1 aliphatic rings. The van der Waals surface area contributed by atoms with E-state index in [-0.39, 0.29) is 5.91 Å². The van der Waals surface area contributed by atoms with Gasteiger partial charge in [-0.05, 0) is 37.9 Å². The number of aromatic nitrogens is 1. The molecule has 1 unspecified atom stereocenters. The van der Waals surface area contributed by atoms with Crippen LogP contribution in [0, 0.1) is 0 Å². The minimum Gasteiger partial charge on any atom is -0.491 e. The predicted octanol–water partition coefficient (Wildman–Crippen LogP) is 2.26. The predicted molar refractivity (Wildman–Crippen MR) is 90.5 cm³/mol. The maximum absolute atomic E-state index is 11.8. The van der Waals surface area contributed by atoms with Crippen LogP contribution in [0.4, 0.5) is 0 Å². The summed E-state index contributed by atoms with van der Waals surface area (Å²) in [6, 6.07) is 10.2. The zero-order valence-electron chi connectivity index (χ0n) is 13.3. The third kappa shape index (κ3) is 4.42. The van der Waals surface area contributed by atoms with Crippen LogP contribution < -0.4 is 15.4 Å². The van der Waals surface area contributed by atoms with E-state index in [4.69, 9.17) is 4.74 Å². The zero-order valence-corrected chi connectivity index (χ0v) is 13.3. The molecule has 0 bridgehead atoms. The Bertz CT molecular complexity index is 648. The monoisotopic (exact) mass is 313 g/mol. The molecule has 1 aliphatic heterocycles. The van der Waals surface area contributed by atoms with E-state index >= 15 is 0 Å². The first-order valence-electron chi connectivity index (χ1n) is 8.29. The maximum atomic E-state index is 11.8. The Morgan fingerprint density at radius 3 is 3.13 bits per heavy atom. The molecule has 1 aromatic heterocycles. The second kappa shape index (κ2) is 7.92. The standard InChI is InChI=1S/C18H23N3O2/c22-17(13-15-7-3-9-19-15)20-11-4-12-23-16-8-1-5-14-6-2-10-21-18(14)16/h1-2,5-6,8,10,15,19H,3-4,7,9,11-13H2,(H,20,22). The van der Waals surface area contributed by atoms with Crippen LogP contribution in [0.5, 0.6) is 5.75 Å². The first-order valence-corrected chi connectivity index (χ1v) is 8.29. The van der Waals surface area contributed by atoms with Crippen molar-refractivity contribution < 1.29 is 9.53 Å². The highest BCUT2D eigenvalue weighted by molar-refractivity contribution is 5.84. The molecule has 5 nitrogen and oxygen atoms in total. The Morgan fingerprint density at radius 1 is 1.35 bits per heavy atom. The average molecular weight is 313 g/mol. The number of para-hydroxylation sites is 1. The molecule has 0 spiro atoms. The highest BCUT2D eigenvalue weighted by Crippen LogP contribution is 2.22. The normalized spacial score (nSPS) is 17.3. The number of rotatable bonds is 7. The number of amides is 1. The number of pyridine rings is 1. The van der Waals surface area contributed by atoms with Gasteiger partial charge in [-0.3, -0.25) is 9.78 Å². The molecule has 0 saturated carbocycles. The molecule has 2 heterocycles. The number of hydrogen-bond acceptors (Lipinski definition) is 4. The van der Waals surface area contributed by atoms with Gasteiger partial charge in [-0.1, -0.05) is 18.2 Å². The van der Waals surface area contributed by atoms with Gasteiger partial charge in [0.15, 0.2) is 0 Å². The number of nitrogens with zero attached hydrogens (tertiary/aromatic N) is 1. The molecule has 23 heavy (non-hydrogen) atoms. The number of ether oxygens (including phenoxy) is 1. The molecule has 1 amide bonds. The van der Waals surface area contributed by atoms with E-state index in [1.54, 1.807) is 6.20 Å². The number of carbonyl (C=O) groups excluding carboxylic acids is 1. The summed E-state index contributed by atoms with van der Waals surface area (Å²) in [7, 11) is 0. The van der Waals surface area contributed by atoms with Gasteiger partial charge in [0.1, 0.15) is 11.3 Å². The van der Waals surface area contributed by atoms with Crippen molar-refractivity contribution in [1.29, 1.82) is 0 Å². The first-order chi connectivity index (χ1) is 11.3. The summed E-state index contributed by atoms with van der Waals surface area (Å²) < 4.78 is 5.81. The molecule has 1 saturated heterocycles. The molecule has 0 radical (unpaired) electrons. The van der Waals surface area contributed by atoms with E-state index in [1.165, 1.54) is 6.42 Å². The number of benzene rings is 1. The molecule has 1 aromatic carbocycles. The lowest BCUT2D eigenvalue weighted by Gasteiger charge is -2.11. The van der Waals surface area contributed by atoms with Gasteiger partial charge >= 0.3 is 0 Å². The van der Waals surface area contributed by atoms with E-state index in [1.807, 2.05) is 30.3 Å². The maximum Gasteiger partial charge on any atom is 0.221 e. The smallest absolute Gasteiger partial charge is 0.221 e. The molecule has 122 valence electrons. The summed E-state index contributed by atoms with van der Waals surface area (Å²) in [5.74, 6) is 0.917. The minimum atomic E-state index is 0.122. The molecule has 1 atom stereocenters. The average Bonchev–Trinajstić information content (AvgIpc) is 3.07. The Labute approximate surface area is 136 Å². The Kier molecular flexibility index (Phi) is 5.42. The summed E-state index contributed by atoms with van der Waals surface area (Å²) >= 11 is 0. The van der Waals surface area contributed by atoms with E-state index in [0.29, 0.717) is 25.6 Å². The number of hydrogen-bond donors (Lipinski definition) is 2. The summed E-state index contributed by atoms with van der Waals surface area (Å²) in [5, 5.41) is 7.37. The van der Waals surface area contributed by atoms with Gasteiger partial charge in [-0.25, -0.2) is 0 Å². The molecule has 0 aliphatic carbocycles. The van der Waals surface area contributed by atoms with Gasteiger partial charge in [-0.2, -0.15) is 0 Å². The van der Waals surface area contributed by atoms with Crippen LogP contribution in [0.25, 0.3) is 10.9 Å². The van der Waals surface area contributed by atoms with Gasteiger partial charge < -0.3 is 15.4 Å². The highest BCUT2D eigenvalue weighted by atomic mass is 16.5. The molecular weight excluding hydrogens is 290 g/mol. The van der Waals surface area contributed by atoms with Crippen LogP contribution in [0.3, 0.4) is 0 Å². The van der Waals surface area contributed by atoms with E-state index < -0.39 is 0 Å². The van der Waals surface area contributed by atoms with Crippen molar-refractivity contribution in [2.45, 2.75) is 31.7 Å². The van der Waals surface area contributed by atoms with Crippen LogP contribution in [-0.2, 0) is 4.79 Å². The van der Waals surface area contributed by atoms with Crippen molar-refractivity contribution in [3.05, 3.63) is 36.5 Å². The van der Waals surface area contributed by atoms with Gasteiger partial charge in [0, 0.05) is 30.6 Å². The SMILES string of the molecule is O=C(CC1CCCN1)NCCCOc1cccc2cccnc12. The van der Waals surface area contributed by atoms with Gasteiger partial charge in [0.05, 0.1) is 6.61 Å².